The highest BCUT2D eigenvalue weighted by atomic mass is 16.5. The Hall–Kier alpha value is -3.02. The fourth-order valence-electron chi connectivity index (χ4n) is 2.97. The van der Waals surface area contributed by atoms with Gasteiger partial charge in [-0.2, -0.15) is 0 Å². The molecular formula is C21H25N3O3. The molecule has 3 rings (SSSR count). The van der Waals surface area contributed by atoms with E-state index in [1.807, 2.05) is 30.3 Å². The average Bonchev–Trinajstić information content (AvgIpc) is 2.63. The molecule has 0 saturated carbocycles. The fourth-order valence-corrected chi connectivity index (χ4v) is 2.97. The number of hydrogen-bond acceptors (Lipinski definition) is 4. The highest BCUT2D eigenvalue weighted by Crippen LogP contribution is 2.32. The lowest BCUT2D eigenvalue weighted by molar-refractivity contribution is -0.122. The number of rotatable bonds is 5. The van der Waals surface area contributed by atoms with E-state index in [0.29, 0.717) is 17.4 Å². The number of hydrogen-bond donors (Lipinski definition) is 3. The summed E-state index contributed by atoms with van der Waals surface area (Å²) in [6.07, 6.45) is -0.512. The summed E-state index contributed by atoms with van der Waals surface area (Å²) in [4.78, 5) is 24.4. The van der Waals surface area contributed by atoms with Crippen LogP contribution in [-0.4, -0.2) is 24.0 Å². The molecule has 0 spiro atoms. The van der Waals surface area contributed by atoms with Crippen molar-refractivity contribution in [1.82, 2.24) is 0 Å². The van der Waals surface area contributed by atoms with Crippen molar-refractivity contribution in [1.29, 1.82) is 0 Å². The van der Waals surface area contributed by atoms with Crippen LogP contribution in [0, 0.1) is 0 Å². The van der Waals surface area contributed by atoms with Crippen molar-refractivity contribution >= 4 is 28.9 Å². The van der Waals surface area contributed by atoms with Gasteiger partial charge in [0.05, 0.1) is 5.69 Å². The smallest absolute Gasteiger partial charge is 0.265 e. The third-order valence-electron chi connectivity index (χ3n) is 4.53. The van der Waals surface area contributed by atoms with E-state index in [4.69, 9.17) is 4.74 Å². The predicted molar refractivity (Wildman–Crippen MR) is 107 cm³/mol. The number of amides is 2. The van der Waals surface area contributed by atoms with Crippen molar-refractivity contribution in [2.24, 2.45) is 0 Å². The van der Waals surface area contributed by atoms with Gasteiger partial charge in [-0.15, -0.1) is 0 Å². The van der Waals surface area contributed by atoms with E-state index < -0.39 is 12.1 Å². The van der Waals surface area contributed by atoms with E-state index in [2.05, 4.69) is 29.8 Å². The van der Waals surface area contributed by atoms with Crippen LogP contribution in [0.3, 0.4) is 0 Å². The van der Waals surface area contributed by atoms with E-state index in [1.54, 1.807) is 26.0 Å². The Kier molecular flexibility index (Phi) is 5.35. The lowest BCUT2D eigenvalue weighted by atomic mass is 10.0. The summed E-state index contributed by atoms with van der Waals surface area (Å²) in [6, 6.07) is 12.7. The van der Waals surface area contributed by atoms with Gasteiger partial charge in [-0.3, -0.25) is 9.59 Å². The first kappa shape index (κ1) is 18.8. The number of carbonyl (C=O) groups is 2. The third kappa shape index (κ3) is 4.22. The SMILES string of the molecule is CC(Nc1ccc2c(c1)NC(=O)C(C)O2)C(=O)Nc1ccccc1C(C)C. The quantitative estimate of drug-likeness (QED) is 0.747. The zero-order valence-electron chi connectivity index (χ0n) is 16.0. The standard InChI is InChI=1S/C21H25N3O3/c1-12(2)16-7-5-6-8-17(16)23-20(25)13(3)22-15-9-10-19-18(11-15)24-21(26)14(4)27-19/h5-14,22H,1-4H3,(H,23,25)(H,24,26). The minimum Gasteiger partial charge on any atom is -0.479 e. The van der Waals surface area contributed by atoms with Crippen LogP contribution in [0.1, 0.15) is 39.2 Å². The molecular weight excluding hydrogens is 342 g/mol. The van der Waals surface area contributed by atoms with Crippen LogP contribution in [0.25, 0.3) is 0 Å². The first-order chi connectivity index (χ1) is 12.8. The molecule has 1 aliphatic rings. The van der Waals surface area contributed by atoms with E-state index >= 15 is 0 Å². The lowest BCUT2D eigenvalue weighted by Gasteiger charge is -2.24. The first-order valence-electron chi connectivity index (χ1n) is 9.13. The lowest BCUT2D eigenvalue weighted by Crippen LogP contribution is -2.35. The number of carbonyl (C=O) groups excluding carboxylic acids is 2. The molecule has 6 heteroatoms. The monoisotopic (exact) mass is 367 g/mol. The molecule has 142 valence electrons. The summed E-state index contributed by atoms with van der Waals surface area (Å²) in [5, 5.41) is 8.97. The summed E-state index contributed by atoms with van der Waals surface area (Å²) < 4.78 is 5.55. The van der Waals surface area contributed by atoms with Gasteiger partial charge in [0.2, 0.25) is 5.91 Å². The van der Waals surface area contributed by atoms with Crippen molar-refractivity contribution in [3.63, 3.8) is 0 Å². The summed E-state index contributed by atoms with van der Waals surface area (Å²) in [7, 11) is 0. The molecule has 2 aromatic carbocycles. The van der Waals surface area contributed by atoms with Gasteiger partial charge < -0.3 is 20.7 Å². The van der Waals surface area contributed by atoms with E-state index in [9.17, 15) is 9.59 Å². The summed E-state index contributed by atoms with van der Waals surface area (Å²) in [5.74, 6) is 0.623. The molecule has 3 N–H and O–H groups in total. The Balaban J connectivity index is 1.69. The van der Waals surface area contributed by atoms with Gasteiger partial charge in [0, 0.05) is 11.4 Å². The average molecular weight is 367 g/mol. The van der Waals surface area contributed by atoms with Crippen LogP contribution in [0.5, 0.6) is 5.75 Å². The molecule has 0 fully saturated rings. The maximum absolute atomic E-state index is 12.6. The van der Waals surface area contributed by atoms with Crippen molar-refractivity contribution in [2.45, 2.75) is 45.8 Å². The summed E-state index contributed by atoms with van der Waals surface area (Å²) >= 11 is 0. The molecule has 0 bridgehead atoms. The Bertz CT molecular complexity index is 864. The fraction of sp³-hybridized carbons (Fsp3) is 0.333. The molecule has 0 aromatic heterocycles. The Morgan fingerprint density at radius 3 is 2.63 bits per heavy atom. The van der Waals surface area contributed by atoms with Gasteiger partial charge in [0.15, 0.2) is 6.10 Å². The molecule has 1 aliphatic heterocycles. The maximum Gasteiger partial charge on any atom is 0.265 e. The zero-order chi connectivity index (χ0) is 19.6. The van der Waals surface area contributed by atoms with Crippen molar-refractivity contribution in [3.8, 4) is 5.75 Å². The minimum absolute atomic E-state index is 0.130. The summed E-state index contributed by atoms with van der Waals surface area (Å²) in [5.41, 5.74) is 3.25. The van der Waals surface area contributed by atoms with E-state index in [1.165, 1.54) is 0 Å². The molecule has 1 heterocycles. The van der Waals surface area contributed by atoms with E-state index in [0.717, 1.165) is 16.9 Å². The van der Waals surface area contributed by atoms with Crippen LogP contribution < -0.4 is 20.7 Å². The van der Waals surface area contributed by atoms with Gasteiger partial charge in [-0.1, -0.05) is 32.0 Å². The third-order valence-corrected chi connectivity index (χ3v) is 4.53. The number of para-hydroxylation sites is 1. The molecule has 27 heavy (non-hydrogen) atoms. The van der Waals surface area contributed by atoms with Crippen molar-refractivity contribution in [3.05, 3.63) is 48.0 Å². The van der Waals surface area contributed by atoms with Crippen LogP contribution in [0.4, 0.5) is 17.1 Å². The van der Waals surface area contributed by atoms with Crippen LogP contribution >= 0.6 is 0 Å². The second kappa shape index (κ2) is 7.70. The highest BCUT2D eigenvalue weighted by Gasteiger charge is 2.24. The molecule has 2 amide bonds. The number of fused-ring (bicyclic) bond motifs is 1. The topological polar surface area (TPSA) is 79.5 Å². The number of benzene rings is 2. The molecule has 2 aromatic rings. The molecule has 2 atom stereocenters. The number of nitrogens with one attached hydrogen (secondary N) is 3. The first-order valence-corrected chi connectivity index (χ1v) is 9.13. The van der Waals surface area contributed by atoms with Crippen molar-refractivity contribution in [2.75, 3.05) is 16.0 Å². The molecule has 0 radical (unpaired) electrons. The van der Waals surface area contributed by atoms with Crippen LogP contribution in [-0.2, 0) is 9.59 Å². The second-order valence-corrected chi connectivity index (χ2v) is 7.06. The molecule has 0 saturated heterocycles. The highest BCUT2D eigenvalue weighted by molar-refractivity contribution is 5.99. The summed E-state index contributed by atoms with van der Waals surface area (Å²) in [6.45, 7) is 7.68. The van der Waals surface area contributed by atoms with Crippen LogP contribution in [0.15, 0.2) is 42.5 Å². The Morgan fingerprint density at radius 2 is 1.89 bits per heavy atom. The van der Waals surface area contributed by atoms with Gasteiger partial charge >= 0.3 is 0 Å². The number of ether oxygens (including phenoxy) is 1. The van der Waals surface area contributed by atoms with Crippen molar-refractivity contribution < 1.29 is 14.3 Å². The number of anilines is 3. The molecule has 6 nitrogen and oxygen atoms in total. The largest absolute Gasteiger partial charge is 0.479 e. The van der Waals surface area contributed by atoms with Gasteiger partial charge in [0.25, 0.3) is 5.91 Å². The predicted octanol–water partition coefficient (Wildman–Crippen LogP) is 3.97. The van der Waals surface area contributed by atoms with Crippen LogP contribution in [0.2, 0.25) is 0 Å². The van der Waals surface area contributed by atoms with Gasteiger partial charge in [0.1, 0.15) is 11.8 Å². The Labute approximate surface area is 159 Å². The van der Waals surface area contributed by atoms with E-state index in [-0.39, 0.29) is 11.8 Å². The minimum atomic E-state index is -0.512. The zero-order valence-corrected chi connectivity index (χ0v) is 16.0. The normalized spacial score (nSPS) is 16.8. The second-order valence-electron chi connectivity index (χ2n) is 7.06. The molecule has 0 aliphatic carbocycles. The maximum atomic E-state index is 12.6. The van der Waals surface area contributed by atoms with Gasteiger partial charge in [-0.25, -0.2) is 0 Å². The van der Waals surface area contributed by atoms with Gasteiger partial charge in [-0.05, 0) is 49.6 Å². The Morgan fingerprint density at radius 1 is 1.15 bits per heavy atom. The molecule has 2 unspecified atom stereocenters.